The van der Waals surface area contributed by atoms with Crippen LogP contribution in [0.25, 0.3) is 20.2 Å². The molecule has 0 bridgehead atoms. The second-order valence-corrected chi connectivity index (χ2v) is 10.1. The molecule has 3 N–H and O–H groups in total. The lowest BCUT2D eigenvalue weighted by Crippen LogP contribution is -2.35. The van der Waals surface area contributed by atoms with E-state index in [1.807, 2.05) is 13.1 Å². The predicted octanol–water partition coefficient (Wildman–Crippen LogP) is 6.27. The van der Waals surface area contributed by atoms with Gasteiger partial charge in [-0.05, 0) is 96.0 Å². The molecule has 0 aliphatic rings. The van der Waals surface area contributed by atoms with Gasteiger partial charge >= 0.3 is 0 Å². The number of hydrogen-bond donors (Lipinski definition) is 3. The third-order valence-electron chi connectivity index (χ3n) is 6.11. The first kappa shape index (κ1) is 23.2. The van der Waals surface area contributed by atoms with Gasteiger partial charge in [0.05, 0.1) is 10.8 Å². The number of aliphatic hydroxyl groups excluding tert-OH is 1. The molecule has 170 valence electrons. The van der Waals surface area contributed by atoms with E-state index in [4.69, 9.17) is 4.74 Å². The molecule has 0 spiro atoms. The van der Waals surface area contributed by atoms with Crippen molar-refractivity contribution in [2.45, 2.75) is 51.5 Å². The van der Waals surface area contributed by atoms with E-state index < -0.39 is 6.10 Å². The van der Waals surface area contributed by atoms with E-state index in [1.165, 1.54) is 10.1 Å². The summed E-state index contributed by atoms with van der Waals surface area (Å²) in [7, 11) is 1.90. The van der Waals surface area contributed by atoms with Gasteiger partial charge in [0.25, 0.3) is 0 Å². The van der Waals surface area contributed by atoms with E-state index in [1.54, 1.807) is 22.7 Å². The first-order chi connectivity index (χ1) is 15.5. The maximum absolute atomic E-state index is 11.0. The Morgan fingerprint density at radius 2 is 1.72 bits per heavy atom. The summed E-state index contributed by atoms with van der Waals surface area (Å²) < 4.78 is 9.17. The fourth-order valence-corrected chi connectivity index (χ4v) is 5.94. The fourth-order valence-electron chi connectivity index (χ4n) is 4.33. The number of nitrogens with one attached hydrogen (secondary N) is 2. The van der Waals surface area contributed by atoms with Crippen molar-refractivity contribution >= 4 is 42.8 Å². The fraction of sp³-hybridized carbons (Fsp3) is 0.385. The summed E-state index contributed by atoms with van der Waals surface area (Å²) in [4.78, 5) is 0. The van der Waals surface area contributed by atoms with Crippen molar-refractivity contribution in [3.8, 4) is 5.75 Å². The van der Waals surface area contributed by atoms with Gasteiger partial charge in [-0.15, -0.1) is 22.7 Å². The van der Waals surface area contributed by atoms with Crippen molar-refractivity contribution in [1.29, 1.82) is 0 Å². The zero-order valence-electron chi connectivity index (χ0n) is 19.1. The molecule has 6 heteroatoms. The van der Waals surface area contributed by atoms with Crippen LogP contribution in [0.15, 0.2) is 53.2 Å². The van der Waals surface area contributed by atoms with Crippen molar-refractivity contribution in [3.63, 3.8) is 0 Å². The maximum atomic E-state index is 11.0. The Morgan fingerprint density at radius 1 is 0.969 bits per heavy atom. The number of ether oxygens (including phenoxy) is 1. The highest BCUT2D eigenvalue weighted by Crippen LogP contribution is 2.38. The summed E-state index contributed by atoms with van der Waals surface area (Å²) in [5.74, 6) is 0.831. The second kappa shape index (κ2) is 10.3. The lowest BCUT2D eigenvalue weighted by Gasteiger charge is -2.28. The van der Waals surface area contributed by atoms with Crippen molar-refractivity contribution in [2.75, 3.05) is 13.6 Å². The SMILES string of the molecule is CCNC(C)C(Oc1cc(C(O)C(CC)NC)cc2ccsc12)c1ccc2sccc2c1. The zero-order valence-corrected chi connectivity index (χ0v) is 20.7. The first-order valence-corrected chi connectivity index (χ1v) is 13.0. The van der Waals surface area contributed by atoms with Gasteiger partial charge < -0.3 is 20.5 Å². The highest BCUT2D eigenvalue weighted by molar-refractivity contribution is 7.17. The topological polar surface area (TPSA) is 53.5 Å². The molecule has 0 saturated heterocycles. The van der Waals surface area contributed by atoms with Crippen molar-refractivity contribution in [3.05, 3.63) is 64.4 Å². The van der Waals surface area contributed by atoms with Gasteiger partial charge in [-0.3, -0.25) is 0 Å². The maximum Gasteiger partial charge on any atom is 0.139 e. The number of fused-ring (bicyclic) bond motifs is 2. The van der Waals surface area contributed by atoms with Crippen LogP contribution < -0.4 is 15.4 Å². The minimum atomic E-state index is -0.594. The summed E-state index contributed by atoms with van der Waals surface area (Å²) in [6.07, 6.45) is 0.0997. The Labute approximate surface area is 198 Å². The van der Waals surface area contributed by atoms with E-state index in [0.717, 1.165) is 39.9 Å². The van der Waals surface area contributed by atoms with Crippen molar-refractivity contribution in [2.24, 2.45) is 0 Å². The Bertz CT molecular complexity index is 1170. The smallest absolute Gasteiger partial charge is 0.139 e. The summed E-state index contributed by atoms with van der Waals surface area (Å²) in [5.41, 5.74) is 2.04. The van der Waals surface area contributed by atoms with Gasteiger partial charge in [-0.25, -0.2) is 0 Å². The molecule has 0 radical (unpaired) electrons. The number of hydrogen-bond acceptors (Lipinski definition) is 6. The Morgan fingerprint density at radius 3 is 2.47 bits per heavy atom. The van der Waals surface area contributed by atoms with Crippen LogP contribution in [0.1, 0.15) is 50.5 Å². The molecular formula is C26H32N2O2S2. The van der Waals surface area contributed by atoms with E-state index in [-0.39, 0.29) is 18.2 Å². The molecule has 0 amide bonds. The number of thiophene rings is 2. The Hall–Kier alpha value is -1.96. The largest absolute Gasteiger partial charge is 0.483 e. The van der Waals surface area contributed by atoms with Crippen LogP contribution in [-0.2, 0) is 0 Å². The molecule has 0 fully saturated rings. The average molecular weight is 469 g/mol. The standard InChI is InChI=1S/C26H32N2O2S2/c1-5-21(27-4)24(29)20-14-19-10-12-32-26(19)22(15-20)30-25(16(3)28-6-2)18-7-8-23-17(13-18)9-11-31-23/h7-16,21,24-25,27-29H,5-6H2,1-4H3. The summed E-state index contributed by atoms with van der Waals surface area (Å²) >= 11 is 3.44. The van der Waals surface area contributed by atoms with Gasteiger partial charge in [0.15, 0.2) is 0 Å². The molecule has 4 rings (SSSR count). The molecule has 4 unspecified atom stereocenters. The Kier molecular flexibility index (Phi) is 7.48. The van der Waals surface area contributed by atoms with Gasteiger partial charge in [0, 0.05) is 16.8 Å². The van der Waals surface area contributed by atoms with Crippen molar-refractivity contribution < 1.29 is 9.84 Å². The highest BCUT2D eigenvalue weighted by Gasteiger charge is 2.25. The number of rotatable bonds is 10. The minimum absolute atomic E-state index is 0.00332. The predicted molar refractivity (Wildman–Crippen MR) is 138 cm³/mol. The Balaban J connectivity index is 1.75. The summed E-state index contributed by atoms with van der Waals surface area (Å²) in [6.45, 7) is 7.24. The molecule has 0 aliphatic carbocycles. The van der Waals surface area contributed by atoms with Crippen LogP contribution in [-0.4, -0.2) is 30.8 Å². The number of likely N-dealkylation sites (N-methyl/N-ethyl adjacent to an activating group) is 2. The third kappa shape index (κ3) is 4.70. The molecule has 4 atom stereocenters. The van der Waals surface area contributed by atoms with E-state index in [0.29, 0.717) is 0 Å². The molecule has 0 saturated carbocycles. The van der Waals surface area contributed by atoms with Gasteiger partial charge in [0.2, 0.25) is 0 Å². The van der Waals surface area contributed by atoms with Crippen LogP contribution in [0.4, 0.5) is 0 Å². The van der Waals surface area contributed by atoms with E-state index in [9.17, 15) is 5.11 Å². The second-order valence-electron chi connectivity index (χ2n) is 8.21. The molecule has 0 aliphatic heterocycles. The van der Waals surface area contributed by atoms with Gasteiger partial charge in [0.1, 0.15) is 11.9 Å². The van der Waals surface area contributed by atoms with Crippen molar-refractivity contribution in [1.82, 2.24) is 10.6 Å². The number of aliphatic hydroxyl groups is 1. The zero-order chi connectivity index (χ0) is 22.7. The van der Waals surface area contributed by atoms with Crippen LogP contribution in [0.2, 0.25) is 0 Å². The summed E-state index contributed by atoms with van der Waals surface area (Å²) in [6, 6.07) is 15.1. The molecule has 2 aromatic heterocycles. The monoisotopic (exact) mass is 468 g/mol. The lowest BCUT2D eigenvalue weighted by molar-refractivity contribution is 0.129. The van der Waals surface area contributed by atoms with Gasteiger partial charge in [-0.2, -0.15) is 0 Å². The van der Waals surface area contributed by atoms with Gasteiger partial charge in [-0.1, -0.05) is 19.9 Å². The summed E-state index contributed by atoms with van der Waals surface area (Å²) in [5, 5.41) is 24.4. The van der Waals surface area contributed by atoms with Crippen LogP contribution >= 0.6 is 22.7 Å². The molecule has 32 heavy (non-hydrogen) atoms. The highest BCUT2D eigenvalue weighted by atomic mass is 32.1. The van der Waals surface area contributed by atoms with Crippen LogP contribution in [0.5, 0.6) is 5.75 Å². The third-order valence-corrected chi connectivity index (χ3v) is 7.95. The minimum Gasteiger partial charge on any atom is -0.483 e. The van der Waals surface area contributed by atoms with E-state index >= 15 is 0 Å². The van der Waals surface area contributed by atoms with Crippen LogP contribution in [0, 0.1) is 0 Å². The van der Waals surface area contributed by atoms with E-state index in [2.05, 4.69) is 78.6 Å². The average Bonchev–Trinajstić information content (AvgIpc) is 3.46. The molecule has 2 heterocycles. The molecular weight excluding hydrogens is 436 g/mol. The quantitative estimate of drug-likeness (QED) is 0.257. The van der Waals surface area contributed by atoms with Crippen LogP contribution in [0.3, 0.4) is 0 Å². The first-order valence-electron chi connectivity index (χ1n) is 11.3. The molecule has 4 aromatic rings. The normalized spacial score (nSPS) is 15.7. The number of benzene rings is 2. The lowest BCUT2D eigenvalue weighted by atomic mass is 9.98. The molecule has 2 aromatic carbocycles. The molecule has 4 nitrogen and oxygen atoms in total.